The lowest BCUT2D eigenvalue weighted by atomic mass is 10.2. The first-order chi connectivity index (χ1) is 4.43. The maximum atomic E-state index is 5.38. The van der Waals surface area contributed by atoms with Crippen LogP contribution in [0, 0.1) is 0 Å². The second-order valence-electron chi connectivity index (χ2n) is 2.42. The molecular formula is C7H14O2. The highest BCUT2D eigenvalue weighted by atomic mass is 16.5. The van der Waals surface area contributed by atoms with Gasteiger partial charge in [-0.3, -0.25) is 0 Å². The standard InChI is InChI=1S/C7H14O2/c1-8-6-4-7-3-2-5-9-7/h7H,2-6H2,1H3/t7-/m0/s1. The highest BCUT2D eigenvalue weighted by Gasteiger charge is 2.13. The summed E-state index contributed by atoms with van der Waals surface area (Å²) in [5.41, 5.74) is 0. The van der Waals surface area contributed by atoms with E-state index in [1.54, 1.807) is 7.11 Å². The molecule has 0 N–H and O–H groups in total. The van der Waals surface area contributed by atoms with Gasteiger partial charge in [0.1, 0.15) is 0 Å². The first-order valence-corrected chi connectivity index (χ1v) is 3.54. The zero-order valence-electron chi connectivity index (χ0n) is 5.93. The third-order valence-corrected chi connectivity index (χ3v) is 1.67. The van der Waals surface area contributed by atoms with Crippen LogP contribution in [-0.4, -0.2) is 26.4 Å². The largest absolute Gasteiger partial charge is 0.385 e. The fraction of sp³-hybridized carbons (Fsp3) is 1.00. The molecule has 1 heterocycles. The Balaban J connectivity index is 1.98. The number of hydrogen-bond donors (Lipinski definition) is 0. The molecule has 0 spiro atoms. The average Bonchev–Trinajstić information content (AvgIpc) is 2.34. The van der Waals surface area contributed by atoms with Crippen LogP contribution in [0.25, 0.3) is 0 Å². The lowest BCUT2D eigenvalue weighted by Gasteiger charge is -2.06. The molecule has 0 radical (unpaired) electrons. The second-order valence-corrected chi connectivity index (χ2v) is 2.42. The van der Waals surface area contributed by atoms with Gasteiger partial charge in [-0.25, -0.2) is 0 Å². The van der Waals surface area contributed by atoms with E-state index in [1.165, 1.54) is 12.8 Å². The lowest BCUT2D eigenvalue weighted by molar-refractivity contribution is 0.0752. The molecule has 0 unspecified atom stereocenters. The van der Waals surface area contributed by atoms with Crippen LogP contribution in [0.15, 0.2) is 0 Å². The van der Waals surface area contributed by atoms with Gasteiger partial charge in [-0.2, -0.15) is 0 Å². The summed E-state index contributed by atoms with van der Waals surface area (Å²) in [7, 11) is 1.73. The first kappa shape index (κ1) is 7.03. The zero-order chi connectivity index (χ0) is 6.53. The van der Waals surface area contributed by atoms with E-state index in [2.05, 4.69) is 0 Å². The van der Waals surface area contributed by atoms with Crippen molar-refractivity contribution in [1.29, 1.82) is 0 Å². The van der Waals surface area contributed by atoms with E-state index >= 15 is 0 Å². The van der Waals surface area contributed by atoms with Gasteiger partial charge in [-0.15, -0.1) is 0 Å². The van der Waals surface area contributed by atoms with Crippen LogP contribution in [0.2, 0.25) is 0 Å². The van der Waals surface area contributed by atoms with Crippen molar-refractivity contribution in [2.24, 2.45) is 0 Å². The summed E-state index contributed by atoms with van der Waals surface area (Å²) in [4.78, 5) is 0. The average molecular weight is 130 g/mol. The van der Waals surface area contributed by atoms with E-state index < -0.39 is 0 Å². The Morgan fingerprint density at radius 3 is 3.11 bits per heavy atom. The van der Waals surface area contributed by atoms with Crippen molar-refractivity contribution in [2.45, 2.75) is 25.4 Å². The molecule has 54 valence electrons. The minimum atomic E-state index is 0.491. The molecule has 2 nitrogen and oxygen atoms in total. The van der Waals surface area contributed by atoms with Gasteiger partial charge in [-0.1, -0.05) is 0 Å². The summed E-state index contributed by atoms with van der Waals surface area (Å²) in [6.07, 6.45) is 4.01. The maximum Gasteiger partial charge on any atom is 0.0597 e. The first-order valence-electron chi connectivity index (χ1n) is 3.54. The molecule has 0 aliphatic carbocycles. The van der Waals surface area contributed by atoms with Gasteiger partial charge >= 0.3 is 0 Å². The van der Waals surface area contributed by atoms with Crippen molar-refractivity contribution < 1.29 is 9.47 Å². The van der Waals surface area contributed by atoms with E-state index in [9.17, 15) is 0 Å². The molecule has 0 aromatic heterocycles. The van der Waals surface area contributed by atoms with Crippen LogP contribution in [-0.2, 0) is 9.47 Å². The molecule has 1 saturated heterocycles. The third kappa shape index (κ3) is 2.33. The Hall–Kier alpha value is -0.0800. The van der Waals surface area contributed by atoms with Gasteiger partial charge in [-0.05, 0) is 19.3 Å². The lowest BCUT2D eigenvalue weighted by Crippen LogP contribution is -2.07. The summed E-state index contributed by atoms with van der Waals surface area (Å²) >= 11 is 0. The van der Waals surface area contributed by atoms with E-state index in [0.717, 1.165) is 19.6 Å². The van der Waals surface area contributed by atoms with Crippen molar-refractivity contribution in [3.05, 3.63) is 0 Å². The predicted octanol–water partition coefficient (Wildman–Crippen LogP) is 1.20. The fourth-order valence-electron chi connectivity index (χ4n) is 1.12. The topological polar surface area (TPSA) is 18.5 Å². The van der Waals surface area contributed by atoms with Crippen LogP contribution in [0.4, 0.5) is 0 Å². The molecule has 1 aliphatic heterocycles. The Kier molecular flexibility index (Phi) is 3.01. The Bertz CT molecular complexity index is 67.3. The molecule has 9 heavy (non-hydrogen) atoms. The number of hydrogen-bond acceptors (Lipinski definition) is 2. The molecule has 1 fully saturated rings. The van der Waals surface area contributed by atoms with E-state index in [4.69, 9.17) is 9.47 Å². The maximum absolute atomic E-state index is 5.38. The highest BCUT2D eigenvalue weighted by Crippen LogP contribution is 2.14. The normalized spacial score (nSPS) is 27.0. The molecule has 1 rings (SSSR count). The predicted molar refractivity (Wildman–Crippen MR) is 35.5 cm³/mol. The minimum absolute atomic E-state index is 0.491. The van der Waals surface area contributed by atoms with E-state index in [1.807, 2.05) is 0 Å². The van der Waals surface area contributed by atoms with Crippen LogP contribution in [0.3, 0.4) is 0 Å². The van der Waals surface area contributed by atoms with Crippen molar-refractivity contribution in [1.82, 2.24) is 0 Å². The SMILES string of the molecule is COCC[C@@H]1CCCO1. The van der Waals surface area contributed by atoms with Gasteiger partial charge in [0.25, 0.3) is 0 Å². The fourth-order valence-corrected chi connectivity index (χ4v) is 1.12. The number of methoxy groups -OCH3 is 1. The molecule has 1 atom stereocenters. The number of rotatable bonds is 3. The summed E-state index contributed by atoms with van der Waals surface area (Å²) in [6, 6.07) is 0. The van der Waals surface area contributed by atoms with Crippen LogP contribution in [0.5, 0.6) is 0 Å². The smallest absolute Gasteiger partial charge is 0.0597 e. The van der Waals surface area contributed by atoms with Gasteiger partial charge in [0.15, 0.2) is 0 Å². The van der Waals surface area contributed by atoms with Crippen molar-refractivity contribution in [3.63, 3.8) is 0 Å². The highest BCUT2D eigenvalue weighted by molar-refractivity contribution is 4.63. The summed E-state index contributed by atoms with van der Waals surface area (Å²) < 4.78 is 10.3. The molecule has 0 aromatic carbocycles. The third-order valence-electron chi connectivity index (χ3n) is 1.67. The minimum Gasteiger partial charge on any atom is -0.385 e. The molecule has 2 heteroatoms. The molecule has 0 saturated carbocycles. The monoisotopic (exact) mass is 130 g/mol. The summed E-state index contributed by atoms with van der Waals surface area (Å²) in [6.45, 7) is 1.79. The Morgan fingerprint density at radius 1 is 1.67 bits per heavy atom. The molecule has 0 aromatic rings. The number of ether oxygens (including phenoxy) is 2. The molecule has 1 aliphatic rings. The van der Waals surface area contributed by atoms with Crippen molar-refractivity contribution in [2.75, 3.05) is 20.3 Å². The second kappa shape index (κ2) is 3.85. The van der Waals surface area contributed by atoms with Crippen LogP contribution >= 0.6 is 0 Å². The van der Waals surface area contributed by atoms with Crippen LogP contribution in [0.1, 0.15) is 19.3 Å². The molecular weight excluding hydrogens is 116 g/mol. The van der Waals surface area contributed by atoms with Gasteiger partial charge < -0.3 is 9.47 Å². The quantitative estimate of drug-likeness (QED) is 0.571. The van der Waals surface area contributed by atoms with Crippen molar-refractivity contribution >= 4 is 0 Å². The van der Waals surface area contributed by atoms with Gasteiger partial charge in [0, 0.05) is 20.3 Å². The Labute approximate surface area is 56.2 Å². The van der Waals surface area contributed by atoms with Gasteiger partial charge in [0.2, 0.25) is 0 Å². The molecule has 0 bridgehead atoms. The Morgan fingerprint density at radius 2 is 2.56 bits per heavy atom. The van der Waals surface area contributed by atoms with Gasteiger partial charge in [0.05, 0.1) is 6.10 Å². The summed E-state index contributed by atoms with van der Waals surface area (Å²) in [5, 5.41) is 0. The van der Waals surface area contributed by atoms with E-state index in [-0.39, 0.29) is 0 Å². The van der Waals surface area contributed by atoms with Crippen molar-refractivity contribution in [3.8, 4) is 0 Å². The molecule has 0 amide bonds. The summed E-state index contributed by atoms with van der Waals surface area (Å²) in [5.74, 6) is 0. The van der Waals surface area contributed by atoms with E-state index in [0.29, 0.717) is 6.10 Å². The zero-order valence-corrected chi connectivity index (χ0v) is 5.93. The van der Waals surface area contributed by atoms with Crippen LogP contribution < -0.4 is 0 Å².